The predicted molar refractivity (Wildman–Crippen MR) is 107 cm³/mol. The zero-order valence-corrected chi connectivity index (χ0v) is 16.7. The number of benzene rings is 2. The molecule has 4 rings (SSSR count). The van der Waals surface area contributed by atoms with Crippen LogP contribution in [0.15, 0.2) is 64.1 Å². The maximum absolute atomic E-state index is 14.3. The highest BCUT2D eigenvalue weighted by molar-refractivity contribution is 7.90. The Labute approximate surface area is 171 Å². The summed E-state index contributed by atoms with van der Waals surface area (Å²) < 4.78 is 56.5. The highest BCUT2D eigenvalue weighted by Crippen LogP contribution is 2.33. The molecule has 0 spiro atoms. The van der Waals surface area contributed by atoms with Gasteiger partial charge in [-0.1, -0.05) is 29.4 Å². The van der Waals surface area contributed by atoms with Crippen LogP contribution in [0.5, 0.6) is 0 Å². The molecule has 2 aromatic heterocycles. The second-order valence-corrected chi connectivity index (χ2v) is 8.88. The number of nitrogens with zero attached hydrogens (tertiary/aromatic N) is 2. The van der Waals surface area contributed by atoms with Crippen LogP contribution in [0.3, 0.4) is 0 Å². The van der Waals surface area contributed by atoms with Gasteiger partial charge in [-0.15, -0.1) is 0 Å². The first-order valence-electron chi connectivity index (χ1n) is 8.99. The predicted octanol–water partition coefficient (Wildman–Crippen LogP) is 3.81. The van der Waals surface area contributed by atoms with Gasteiger partial charge in [0.05, 0.1) is 5.69 Å². The van der Waals surface area contributed by atoms with E-state index >= 15 is 0 Å². The fraction of sp³-hybridized carbons (Fsp3) is 0.143. The Hall–Kier alpha value is -3.17. The first kappa shape index (κ1) is 20.1. The zero-order valence-electron chi connectivity index (χ0n) is 15.8. The fourth-order valence-electron chi connectivity index (χ4n) is 3.27. The van der Waals surface area contributed by atoms with Gasteiger partial charge in [0.1, 0.15) is 17.3 Å². The smallest absolute Gasteiger partial charge is 0.192 e. The average molecular weight is 429 g/mol. The van der Waals surface area contributed by atoms with Crippen LogP contribution in [-0.2, 0) is 16.3 Å². The Morgan fingerprint density at radius 2 is 1.87 bits per heavy atom. The van der Waals surface area contributed by atoms with E-state index in [9.17, 15) is 17.2 Å². The molecule has 154 valence electrons. The molecule has 2 aromatic carbocycles. The van der Waals surface area contributed by atoms with Gasteiger partial charge in [0, 0.05) is 35.7 Å². The van der Waals surface area contributed by atoms with Gasteiger partial charge in [0.2, 0.25) is 0 Å². The largest absolute Gasteiger partial charge is 0.356 e. The maximum Gasteiger partial charge on any atom is 0.192 e. The summed E-state index contributed by atoms with van der Waals surface area (Å²) in [6.07, 6.45) is 0.974. The first-order chi connectivity index (χ1) is 14.2. The molecule has 2 heterocycles. The van der Waals surface area contributed by atoms with Gasteiger partial charge in [-0.05, 0) is 29.8 Å². The highest BCUT2D eigenvalue weighted by Gasteiger charge is 2.21. The number of aromatic nitrogens is 2. The van der Waals surface area contributed by atoms with Gasteiger partial charge in [0.15, 0.2) is 20.4 Å². The van der Waals surface area contributed by atoms with E-state index in [0.29, 0.717) is 27.8 Å². The summed E-state index contributed by atoms with van der Waals surface area (Å²) in [7, 11) is -3.59. The summed E-state index contributed by atoms with van der Waals surface area (Å²) in [6, 6.07) is 12.7. The van der Waals surface area contributed by atoms with E-state index in [-0.39, 0.29) is 17.1 Å². The summed E-state index contributed by atoms with van der Waals surface area (Å²) in [5, 5.41) is 4.45. The summed E-state index contributed by atoms with van der Waals surface area (Å²) in [5.41, 5.74) is 8.37. The second-order valence-electron chi connectivity index (χ2n) is 6.92. The first-order valence-corrected chi connectivity index (χ1v) is 10.9. The van der Waals surface area contributed by atoms with Crippen LogP contribution < -0.4 is 5.73 Å². The van der Waals surface area contributed by atoms with E-state index in [4.69, 9.17) is 10.3 Å². The monoisotopic (exact) mass is 429 g/mol. The van der Waals surface area contributed by atoms with Crippen molar-refractivity contribution in [1.82, 2.24) is 10.1 Å². The lowest BCUT2D eigenvalue weighted by Gasteiger charge is -2.16. The molecule has 0 bridgehead atoms. The van der Waals surface area contributed by atoms with Crippen LogP contribution >= 0.6 is 0 Å². The van der Waals surface area contributed by atoms with Crippen LogP contribution in [0, 0.1) is 11.6 Å². The van der Waals surface area contributed by atoms with Crippen LogP contribution in [0.25, 0.3) is 22.2 Å². The SMILES string of the molecule is CS(=O)(=O)c1ccc(F)c(C[C@H](N)c2ccccc2-c2noc3cc(F)ccc23)n1. The minimum absolute atomic E-state index is 0.0311. The number of nitrogens with two attached hydrogens (primary N) is 1. The minimum atomic E-state index is -3.59. The third kappa shape index (κ3) is 3.81. The lowest BCUT2D eigenvalue weighted by atomic mass is 9.94. The second kappa shape index (κ2) is 7.58. The van der Waals surface area contributed by atoms with Crippen LogP contribution in [0.2, 0.25) is 0 Å². The van der Waals surface area contributed by atoms with E-state index < -0.39 is 27.5 Å². The zero-order chi connectivity index (χ0) is 21.5. The van der Waals surface area contributed by atoms with Gasteiger partial charge in [-0.25, -0.2) is 22.2 Å². The molecule has 0 unspecified atom stereocenters. The third-order valence-corrected chi connectivity index (χ3v) is 5.72. The molecule has 6 nitrogen and oxygen atoms in total. The summed E-state index contributed by atoms with van der Waals surface area (Å²) in [5.74, 6) is -1.08. The number of hydrogen-bond acceptors (Lipinski definition) is 6. The molecule has 0 saturated heterocycles. The van der Waals surface area contributed by atoms with Crippen molar-refractivity contribution in [1.29, 1.82) is 0 Å². The molecular weight excluding hydrogens is 412 g/mol. The summed E-state index contributed by atoms with van der Waals surface area (Å²) >= 11 is 0. The molecule has 9 heteroatoms. The number of rotatable bonds is 5. The van der Waals surface area contributed by atoms with Gasteiger partial charge in [0.25, 0.3) is 0 Å². The van der Waals surface area contributed by atoms with Gasteiger partial charge >= 0.3 is 0 Å². The quantitative estimate of drug-likeness (QED) is 0.518. The number of pyridine rings is 1. The Kier molecular flexibility index (Phi) is 5.08. The van der Waals surface area contributed by atoms with Crippen LogP contribution in [-0.4, -0.2) is 24.8 Å². The van der Waals surface area contributed by atoms with E-state index in [1.165, 1.54) is 12.1 Å². The third-order valence-electron chi connectivity index (χ3n) is 4.74. The van der Waals surface area contributed by atoms with E-state index in [0.717, 1.165) is 18.4 Å². The lowest BCUT2D eigenvalue weighted by Crippen LogP contribution is -2.17. The Morgan fingerprint density at radius 3 is 2.63 bits per heavy atom. The molecule has 0 amide bonds. The van der Waals surface area contributed by atoms with Crippen molar-refractivity contribution in [2.45, 2.75) is 17.5 Å². The van der Waals surface area contributed by atoms with Crippen molar-refractivity contribution < 1.29 is 21.7 Å². The Balaban J connectivity index is 1.74. The summed E-state index contributed by atoms with van der Waals surface area (Å²) in [4.78, 5) is 3.94. The molecule has 4 aromatic rings. The van der Waals surface area contributed by atoms with Gasteiger partial charge < -0.3 is 10.3 Å². The standard InChI is InChI=1S/C21H17F2N3O3S/c1-30(27,28)20-9-8-16(23)18(25-20)11-17(24)13-4-2-3-5-14(13)21-15-7-6-12(22)10-19(15)29-26-21/h2-10,17H,11,24H2,1H3/t17-/m0/s1. The van der Waals surface area contributed by atoms with Crippen molar-refractivity contribution in [2.24, 2.45) is 5.73 Å². The van der Waals surface area contributed by atoms with Crippen molar-refractivity contribution in [2.75, 3.05) is 6.26 Å². The van der Waals surface area contributed by atoms with Gasteiger partial charge in [-0.2, -0.15) is 0 Å². The van der Waals surface area contributed by atoms with E-state index in [2.05, 4.69) is 10.1 Å². The molecular formula is C21H17F2N3O3S. The van der Waals surface area contributed by atoms with Crippen molar-refractivity contribution in [3.8, 4) is 11.3 Å². The molecule has 1 atom stereocenters. The number of sulfone groups is 1. The normalized spacial score (nSPS) is 12.9. The molecule has 0 aliphatic rings. The van der Waals surface area contributed by atoms with Gasteiger partial charge in [-0.3, -0.25) is 0 Å². The summed E-state index contributed by atoms with van der Waals surface area (Å²) in [6.45, 7) is 0. The highest BCUT2D eigenvalue weighted by atomic mass is 32.2. The molecule has 0 fully saturated rings. The molecule has 0 saturated carbocycles. The number of fused-ring (bicyclic) bond motifs is 1. The number of halogens is 2. The molecule has 30 heavy (non-hydrogen) atoms. The molecule has 2 N–H and O–H groups in total. The van der Waals surface area contributed by atoms with Crippen molar-refractivity contribution >= 4 is 20.8 Å². The van der Waals surface area contributed by atoms with Crippen molar-refractivity contribution in [3.05, 3.63) is 77.5 Å². The average Bonchev–Trinajstić information content (AvgIpc) is 3.11. The topological polar surface area (TPSA) is 99.1 Å². The Bertz CT molecular complexity index is 1350. The lowest BCUT2D eigenvalue weighted by molar-refractivity contribution is 0.457. The van der Waals surface area contributed by atoms with Crippen molar-refractivity contribution in [3.63, 3.8) is 0 Å². The molecule has 0 aliphatic heterocycles. The van der Waals surface area contributed by atoms with E-state index in [1.807, 2.05) is 0 Å². The molecule has 0 aliphatic carbocycles. The maximum atomic E-state index is 14.3. The minimum Gasteiger partial charge on any atom is -0.356 e. The Morgan fingerprint density at radius 1 is 1.10 bits per heavy atom. The number of hydrogen-bond donors (Lipinski definition) is 1. The molecule has 0 radical (unpaired) electrons. The van der Waals surface area contributed by atoms with E-state index in [1.54, 1.807) is 30.3 Å². The van der Waals surface area contributed by atoms with Crippen LogP contribution in [0.1, 0.15) is 17.3 Å². The van der Waals surface area contributed by atoms with Crippen LogP contribution in [0.4, 0.5) is 8.78 Å². The fourth-order valence-corrected chi connectivity index (χ4v) is 3.87.